The first-order chi connectivity index (χ1) is 7.75. The zero-order valence-corrected chi connectivity index (χ0v) is 9.53. The molecule has 2 heterocycles. The summed E-state index contributed by atoms with van der Waals surface area (Å²) >= 11 is 1.48. The lowest BCUT2D eigenvalue weighted by Gasteiger charge is -1.99. The van der Waals surface area contributed by atoms with Crippen LogP contribution in [0.25, 0.3) is 16.0 Å². The van der Waals surface area contributed by atoms with Crippen molar-refractivity contribution in [2.24, 2.45) is 0 Å². The number of nitrogens with zero attached hydrogens (tertiary/aromatic N) is 3. The summed E-state index contributed by atoms with van der Waals surface area (Å²) in [4.78, 5) is 4.31. The Balaban J connectivity index is 2.32. The standard InChI is InChI=1S/C11H10N4S/c1-7-9-10(13-11(12)16-9)15(14-7)8-5-3-2-4-6-8/h2-6H,1H3,(H2,12,13). The molecule has 2 N–H and O–H groups in total. The fraction of sp³-hybridized carbons (Fsp3) is 0.0909. The number of benzene rings is 1. The lowest BCUT2D eigenvalue weighted by atomic mass is 10.3. The van der Waals surface area contributed by atoms with Crippen LogP contribution in [0.3, 0.4) is 0 Å². The van der Waals surface area contributed by atoms with Gasteiger partial charge >= 0.3 is 0 Å². The maximum Gasteiger partial charge on any atom is 0.182 e. The first kappa shape index (κ1) is 9.35. The first-order valence-electron chi connectivity index (χ1n) is 4.93. The molecular formula is C11H10N4S. The van der Waals surface area contributed by atoms with E-state index in [1.54, 1.807) is 0 Å². The van der Waals surface area contributed by atoms with Crippen molar-refractivity contribution < 1.29 is 0 Å². The molecule has 16 heavy (non-hydrogen) atoms. The molecule has 0 unspecified atom stereocenters. The van der Waals surface area contributed by atoms with Crippen molar-refractivity contribution >= 4 is 26.8 Å². The Morgan fingerprint density at radius 3 is 2.75 bits per heavy atom. The molecule has 0 atom stereocenters. The summed E-state index contributed by atoms with van der Waals surface area (Å²) < 4.78 is 2.89. The van der Waals surface area contributed by atoms with E-state index in [9.17, 15) is 0 Å². The van der Waals surface area contributed by atoms with Crippen molar-refractivity contribution in [3.8, 4) is 5.69 Å². The number of rotatable bonds is 1. The molecule has 0 aliphatic heterocycles. The Morgan fingerprint density at radius 1 is 1.25 bits per heavy atom. The van der Waals surface area contributed by atoms with E-state index in [4.69, 9.17) is 5.73 Å². The normalized spacial score (nSPS) is 11.1. The molecule has 0 fully saturated rings. The van der Waals surface area contributed by atoms with E-state index in [0.29, 0.717) is 5.13 Å². The lowest BCUT2D eigenvalue weighted by Crippen LogP contribution is -1.97. The first-order valence-corrected chi connectivity index (χ1v) is 5.74. The summed E-state index contributed by atoms with van der Waals surface area (Å²) in [5, 5.41) is 5.05. The van der Waals surface area contributed by atoms with E-state index in [1.807, 2.05) is 41.9 Å². The van der Waals surface area contributed by atoms with Gasteiger partial charge in [0, 0.05) is 0 Å². The predicted octanol–water partition coefficient (Wildman–Crippen LogP) is 2.37. The van der Waals surface area contributed by atoms with Crippen LogP contribution in [-0.2, 0) is 0 Å². The highest BCUT2D eigenvalue weighted by atomic mass is 32.1. The smallest absolute Gasteiger partial charge is 0.182 e. The number of nitrogens with two attached hydrogens (primary N) is 1. The van der Waals surface area contributed by atoms with Gasteiger partial charge in [-0.15, -0.1) is 0 Å². The summed E-state index contributed by atoms with van der Waals surface area (Å²) in [5.74, 6) is 0. The topological polar surface area (TPSA) is 56.7 Å². The number of aryl methyl sites for hydroxylation is 1. The van der Waals surface area contributed by atoms with Crippen LogP contribution in [0.1, 0.15) is 5.69 Å². The van der Waals surface area contributed by atoms with Crippen molar-refractivity contribution in [3.05, 3.63) is 36.0 Å². The molecule has 0 bridgehead atoms. The number of hydrogen-bond donors (Lipinski definition) is 1. The van der Waals surface area contributed by atoms with Crippen molar-refractivity contribution in [1.82, 2.24) is 14.8 Å². The highest BCUT2D eigenvalue weighted by Crippen LogP contribution is 2.28. The number of thiazole rings is 1. The van der Waals surface area contributed by atoms with Crippen LogP contribution in [0.2, 0.25) is 0 Å². The van der Waals surface area contributed by atoms with Crippen molar-refractivity contribution in [2.45, 2.75) is 6.92 Å². The molecule has 5 heteroatoms. The van der Waals surface area contributed by atoms with Gasteiger partial charge < -0.3 is 5.73 Å². The summed E-state index contributed by atoms with van der Waals surface area (Å²) in [7, 11) is 0. The SMILES string of the molecule is Cc1nn(-c2ccccc2)c2nc(N)sc12. The molecule has 0 amide bonds. The van der Waals surface area contributed by atoms with Crippen molar-refractivity contribution in [2.75, 3.05) is 5.73 Å². The fourth-order valence-corrected chi connectivity index (χ4v) is 2.45. The van der Waals surface area contributed by atoms with Gasteiger partial charge in [-0.1, -0.05) is 29.5 Å². The highest BCUT2D eigenvalue weighted by molar-refractivity contribution is 7.22. The van der Waals surface area contributed by atoms with Gasteiger partial charge in [-0.25, -0.2) is 9.67 Å². The van der Waals surface area contributed by atoms with Crippen LogP contribution < -0.4 is 5.73 Å². The van der Waals surface area contributed by atoms with E-state index in [-0.39, 0.29) is 0 Å². The second-order valence-corrected chi connectivity index (χ2v) is 4.57. The summed E-state index contributed by atoms with van der Waals surface area (Å²) in [5.41, 5.74) is 8.53. The monoisotopic (exact) mass is 230 g/mol. The molecule has 4 nitrogen and oxygen atoms in total. The second kappa shape index (κ2) is 3.31. The molecule has 0 aliphatic rings. The van der Waals surface area contributed by atoms with Gasteiger partial charge in [0.05, 0.1) is 16.1 Å². The molecular weight excluding hydrogens is 220 g/mol. The number of anilines is 1. The zero-order chi connectivity index (χ0) is 11.1. The Labute approximate surface area is 96.3 Å². The van der Waals surface area contributed by atoms with Gasteiger partial charge in [-0.2, -0.15) is 5.10 Å². The lowest BCUT2D eigenvalue weighted by molar-refractivity contribution is 0.878. The van der Waals surface area contributed by atoms with Crippen LogP contribution in [0.4, 0.5) is 5.13 Å². The quantitative estimate of drug-likeness (QED) is 0.698. The minimum atomic E-state index is 0.584. The van der Waals surface area contributed by atoms with Crippen LogP contribution in [0.15, 0.2) is 30.3 Å². The molecule has 80 valence electrons. The third kappa shape index (κ3) is 1.29. The Hall–Kier alpha value is -1.88. The molecule has 0 aliphatic carbocycles. The average Bonchev–Trinajstić information content (AvgIpc) is 2.80. The zero-order valence-electron chi connectivity index (χ0n) is 8.71. The van der Waals surface area contributed by atoms with E-state index >= 15 is 0 Å². The van der Waals surface area contributed by atoms with Crippen LogP contribution in [-0.4, -0.2) is 14.8 Å². The fourth-order valence-electron chi connectivity index (χ4n) is 1.70. The van der Waals surface area contributed by atoms with Crippen molar-refractivity contribution in [3.63, 3.8) is 0 Å². The van der Waals surface area contributed by atoms with Crippen molar-refractivity contribution in [1.29, 1.82) is 0 Å². The predicted molar refractivity (Wildman–Crippen MR) is 65.9 cm³/mol. The third-order valence-electron chi connectivity index (χ3n) is 2.41. The Bertz CT molecular complexity index is 639. The van der Waals surface area contributed by atoms with Crippen LogP contribution >= 0.6 is 11.3 Å². The minimum absolute atomic E-state index is 0.584. The van der Waals surface area contributed by atoms with Crippen LogP contribution in [0.5, 0.6) is 0 Å². The molecule has 1 aromatic carbocycles. The maximum atomic E-state index is 5.72. The highest BCUT2D eigenvalue weighted by Gasteiger charge is 2.13. The molecule has 0 saturated carbocycles. The van der Waals surface area contributed by atoms with Gasteiger partial charge in [-0.3, -0.25) is 0 Å². The number of hydrogen-bond acceptors (Lipinski definition) is 4. The van der Waals surface area contributed by atoms with E-state index in [1.165, 1.54) is 11.3 Å². The van der Waals surface area contributed by atoms with Gasteiger partial charge in [0.15, 0.2) is 10.8 Å². The van der Waals surface area contributed by atoms with Gasteiger partial charge in [-0.05, 0) is 19.1 Å². The molecule has 2 aromatic heterocycles. The van der Waals surface area contributed by atoms with E-state index in [0.717, 1.165) is 21.7 Å². The number of aromatic nitrogens is 3. The summed E-state index contributed by atoms with van der Waals surface area (Å²) in [6.45, 7) is 1.97. The summed E-state index contributed by atoms with van der Waals surface area (Å²) in [6, 6.07) is 9.94. The van der Waals surface area contributed by atoms with E-state index in [2.05, 4.69) is 10.1 Å². The summed E-state index contributed by atoms with van der Waals surface area (Å²) in [6.07, 6.45) is 0. The minimum Gasteiger partial charge on any atom is -0.375 e. The Morgan fingerprint density at radius 2 is 2.00 bits per heavy atom. The average molecular weight is 230 g/mol. The van der Waals surface area contributed by atoms with Crippen LogP contribution in [0, 0.1) is 6.92 Å². The third-order valence-corrected chi connectivity index (χ3v) is 3.39. The number of para-hydroxylation sites is 1. The Kier molecular flexibility index (Phi) is 1.94. The molecule has 0 radical (unpaired) electrons. The largest absolute Gasteiger partial charge is 0.375 e. The molecule has 0 spiro atoms. The second-order valence-electron chi connectivity index (χ2n) is 3.54. The maximum absolute atomic E-state index is 5.72. The molecule has 0 saturated heterocycles. The molecule has 3 aromatic rings. The number of nitrogen functional groups attached to an aromatic ring is 1. The van der Waals surface area contributed by atoms with Gasteiger partial charge in [0.1, 0.15) is 0 Å². The number of fused-ring (bicyclic) bond motifs is 1. The van der Waals surface area contributed by atoms with E-state index < -0.39 is 0 Å². The van der Waals surface area contributed by atoms with Gasteiger partial charge in [0.25, 0.3) is 0 Å². The molecule has 3 rings (SSSR count). The van der Waals surface area contributed by atoms with Gasteiger partial charge in [0.2, 0.25) is 0 Å².